The maximum Gasteiger partial charge on any atom is 0.126 e. The highest BCUT2D eigenvalue weighted by atomic mass is 15.0. The van der Waals surface area contributed by atoms with E-state index in [1.807, 2.05) is 25.1 Å². The van der Waals surface area contributed by atoms with Crippen LogP contribution in [0.1, 0.15) is 30.0 Å². The number of nitrogens with one attached hydrogen (secondary N) is 1. The van der Waals surface area contributed by atoms with Gasteiger partial charge in [0, 0.05) is 12.4 Å². The molecule has 0 amide bonds. The van der Waals surface area contributed by atoms with Gasteiger partial charge in [0.05, 0.1) is 11.7 Å². The first-order chi connectivity index (χ1) is 9.20. The van der Waals surface area contributed by atoms with Crippen LogP contribution in [0.4, 0.5) is 5.82 Å². The molecule has 3 N–H and O–H groups in total. The summed E-state index contributed by atoms with van der Waals surface area (Å²) in [5.41, 5.74) is 7.92. The van der Waals surface area contributed by atoms with Crippen LogP contribution < -0.4 is 11.1 Å². The monoisotopic (exact) mass is 257 g/mol. The van der Waals surface area contributed by atoms with Crippen molar-refractivity contribution in [2.75, 3.05) is 12.3 Å². The van der Waals surface area contributed by atoms with Crippen LogP contribution in [-0.2, 0) is 6.42 Å². The molecular formula is C14H19N5. The molecule has 0 saturated heterocycles. The van der Waals surface area contributed by atoms with Gasteiger partial charge in [-0.1, -0.05) is 13.0 Å². The summed E-state index contributed by atoms with van der Waals surface area (Å²) in [5.74, 6) is 1.36. The predicted octanol–water partition coefficient (Wildman–Crippen LogP) is 1.66. The number of aryl methyl sites for hydroxylation is 1. The first kappa shape index (κ1) is 13.4. The fraction of sp³-hybridized carbons (Fsp3) is 0.357. The number of nitrogen functional groups attached to an aromatic ring is 1. The molecule has 2 rings (SSSR count). The van der Waals surface area contributed by atoms with Crippen molar-refractivity contribution in [2.24, 2.45) is 0 Å². The average molecular weight is 257 g/mol. The highest BCUT2D eigenvalue weighted by Gasteiger charge is 2.14. The van der Waals surface area contributed by atoms with Gasteiger partial charge in [-0.2, -0.15) is 0 Å². The Kier molecular flexibility index (Phi) is 4.41. The Morgan fingerprint density at radius 2 is 2.11 bits per heavy atom. The van der Waals surface area contributed by atoms with Gasteiger partial charge in [0.1, 0.15) is 11.6 Å². The standard InChI is InChI=1S/C14H19N5/c1-3-16-13(12-6-8-17-10(2)19-12)9-11-5-4-7-18-14(11)15/h4-8,13,16H,3,9H2,1-2H3,(H2,15,18). The van der Waals surface area contributed by atoms with Gasteiger partial charge in [0.15, 0.2) is 0 Å². The minimum atomic E-state index is 0.123. The van der Waals surface area contributed by atoms with E-state index >= 15 is 0 Å². The lowest BCUT2D eigenvalue weighted by Crippen LogP contribution is -2.24. The van der Waals surface area contributed by atoms with Crippen molar-refractivity contribution in [3.05, 3.63) is 47.7 Å². The van der Waals surface area contributed by atoms with E-state index in [1.54, 1.807) is 12.4 Å². The third-order valence-electron chi connectivity index (χ3n) is 2.96. The maximum absolute atomic E-state index is 5.90. The van der Waals surface area contributed by atoms with Crippen LogP contribution in [0.25, 0.3) is 0 Å². The first-order valence-electron chi connectivity index (χ1n) is 6.43. The Morgan fingerprint density at radius 3 is 2.79 bits per heavy atom. The largest absolute Gasteiger partial charge is 0.383 e. The zero-order valence-corrected chi connectivity index (χ0v) is 11.3. The average Bonchev–Trinajstić information content (AvgIpc) is 2.40. The van der Waals surface area contributed by atoms with E-state index in [1.165, 1.54) is 0 Å². The molecule has 0 spiro atoms. The lowest BCUT2D eigenvalue weighted by Gasteiger charge is -2.18. The molecule has 1 atom stereocenters. The Hall–Kier alpha value is -2.01. The van der Waals surface area contributed by atoms with Crippen LogP contribution in [0.15, 0.2) is 30.6 Å². The summed E-state index contributed by atoms with van der Waals surface area (Å²) in [7, 11) is 0. The van der Waals surface area contributed by atoms with E-state index in [4.69, 9.17) is 5.73 Å². The number of nitrogens with two attached hydrogens (primary N) is 1. The van der Waals surface area contributed by atoms with E-state index in [-0.39, 0.29) is 6.04 Å². The van der Waals surface area contributed by atoms with E-state index in [0.717, 1.165) is 30.0 Å². The molecule has 2 aromatic heterocycles. The highest BCUT2D eigenvalue weighted by molar-refractivity contribution is 5.39. The third kappa shape index (κ3) is 3.48. The minimum absolute atomic E-state index is 0.123. The Bertz CT molecular complexity index is 541. The molecule has 0 fully saturated rings. The van der Waals surface area contributed by atoms with Crippen LogP contribution in [0.5, 0.6) is 0 Å². The SMILES string of the molecule is CCNC(Cc1cccnc1N)c1ccnc(C)n1. The summed E-state index contributed by atoms with van der Waals surface area (Å²) in [5, 5.41) is 3.43. The number of rotatable bonds is 5. The smallest absolute Gasteiger partial charge is 0.126 e. The topological polar surface area (TPSA) is 76.7 Å². The summed E-state index contributed by atoms with van der Waals surface area (Å²) in [4.78, 5) is 12.7. The molecule has 2 aromatic rings. The first-order valence-corrected chi connectivity index (χ1v) is 6.43. The molecule has 0 radical (unpaired) electrons. The molecule has 2 heterocycles. The zero-order chi connectivity index (χ0) is 13.7. The zero-order valence-electron chi connectivity index (χ0n) is 11.3. The molecule has 100 valence electrons. The summed E-state index contributed by atoms with van der Waals surface area (Å²) < 4.78 is 0. The van der Waals surface area contributed by atoms with Gasteiger partial charge >= 0.3 is 0 Å². The Labute approximate surface area is 113 Å². The third-order valence-corrected chi connectivity index (χ3v) is 2.96. The second kappa shape index (κ2) is 6.24. The minimum Gasteiger partial charge on any atom is -0.383 e. The Balaban J connectivity index is 2.24. The van der Waals surface area contributed by atoms with Crippen LogP contribution in [0.3, 0.4) is 0 Å². The summed E-state index contributed by atoms with van der Waals surface area (Å²) in [6, 6.07) is 5.96. The number of hydrogen-bond acceptors (Lipinski definition) is 5. The lowest BCUT2D eigenvalue weighted by atomic mass is 10.0. The van der Waals surface area contributed by atoms with Gasteiger partial charge in [-0.15, -0.1) is 0 Å². The van der Waals surface area contributed by atoms with Crippen molar-refractivity contribution in [2.45, 2.75) is 26.3 Å². The van der Waals surface area contributed by atoms with Crippen LogP contribution in [0, 0.1) is 6.92 Å². The molecule has 0 saturated carbocycles. The maximum atomic E-state index is 5.90. The van der Waals surface area contributed by atoms with Gasteiger partial charge in [-0.25, -0.2) is 15.0 Å². The molecule has 0 aromatic carbocycles. The van der Waals surface area contributed by atoms with E-state index in [0.29, 0.717) is 5.82 Å². The number of nitrogens with zero attached hydrogens (tertiary/aromatic N) is 3. The van der Waals surface area contributed by atoms with Crippen molar-refractivity contribution in [1.29, 1.82) is 0 Å². The molecule has 0 bridgehead atoms. The second-order valence-electron chi connectivity index (χ2n) is 4.39. The number of likely N-dealkylation sites (N-methyl/N-ethyl adjacent to an activating group) is 1. The van der Waals surface area contributed by atoms with Crippen LogP contribution in [-0.4, -0.2) is 21.5 Å². The molecule has 0 aliphatic carbocycles. The molecule has 5 heteroatoms. The molecular weight excluding hydrogens is 238 g/mol. The van der Waals surface area contributed by atoms with Gasteiger partial charge in [0.25, 0.3) is 0 Å². The Morgan fingerprint density at radius 1 is 1.26 bits per heavy atom. The molecule has 5 nitrogen and oxygen atoms in total. The quantitative estimate of drug-likeness (QED) is 0.851. The van der Waals surface area contributed by atoms with Crippen molar-refractivity contribution >= 4 is 5.82 Å². The molecule has 0 aliphatic rings. The predicted molar refractivity (Wildman–Crippen MR) is 75.5 cm³/mol. The van der Waals surface area contributed by atoms with Gasteiger partial charge in [0.2, 0.25) is 0 Å². The summed E-state index contributed by atoms with van der Waals surface area (Å²) >= 11 is 0. The van der Waals surface area contributed by atoms with E-state index in [2.05, 4.69) is 27.2 Å². The number of anilines is 1. The normalized spacial score (nSPS) is 12.3. The fourth-order valence-corrected chi connectivity index (χ4v) is 2.04. The number of hydrogen-bond donors (Lipinski definition) is 2. The number of pyridine rings is 1. The molecule has 0 aliphatic heterocycles. The summed E-state index contributed by atoms with van der Waals surface area (Å²) in [6.07, 6.45) is 4.26. The lowest BCUT2D eigenvalue weighted by molar-refractivity contribution is 0.534. The van der Waals surface area contributed by atoms with Crippen molar-refractivity contribution in [1.82, 2.24) is 20.3 Å². The summed E-state index contributed by atoms with van der Waals surface area (Å²) in [6.45, 7) is 4.84. The van der Waals surface area contributed by atoms with Gasteiger partial charge in [-0.05, 0) is 37.6 Å². The van der Waals surface area contributed by atoms with E-state index < -0.39 is 0 Å². The van der Waals surface area contributed by atoms with Gasteiger partial charge < -0.3 is 11.1 Å². The molecule has 19 heavy (non-hydrogen) atoms. The van der Waals surface area contributed by atoms with Gasteiger partial charge in [-0.3, -0.25) is 0 Å². The van der Waals surface area contributed by atoms with Crippen molar-refractivity contribution < 1.29 is 0 Å². The number of aromatic nitrogens is 3. The van der Waals surface area contributed by atoms with Crippen LogP contribution >= 0.6 is 0 Å². The fourth-order valence-electron chi connectivity index (χ4n) is 2.04. The van der Waals surface area contributed by atoms with Crippen molar-refractivity contribution in [3.8, 4) is 0 Å². The highest BCUT2D eigenvalue weighted by Crippen LogP contribution is 2.19. The second-order valence-corrected chi connectivity index (χ2v) is 4.39. The molecule has 1 unspecified atom stereocenters. The van der Waals surface area contributed by atoms with Crippen molar-refractivity contribution in [3.63, 3.8) is 0 Å². The van der Waals surface area contributed by atoms with Crippen LogP contribution in [0.2, 0.25) is 0 Å². The van der Waals surface area contributed by atoms with E-state index in [9.17, 15) is 0 Å².